The third-order valence-corrected chi connectivity index (χ3v) is 4.10. The van der Waals surface area contributed by atoms with Crippen molar-refractivity contribution >= 4 is 27.0 Å². The van der Waals surface area contributed by atoms with Crippen LogP contribution in [0.15, 0.2) is 34.5 Å². The summed E-state index contributed by atoms with van der Waals surface area (Å²) < 4.78 is 0. The standard InChI is InChI=1S/C9H13N.C8H6N4S/c1-8-5-4-6-9(7-8)10(2)3;1-5-6(4-9)8(12-11-3)13-7(5)10-2/h4-7H,1-3H3;1,3H3. The molecule has 0 atom stereocenters. The van der Waals surface area contributed by atoms with E-state index in [-0.39, 0.29) is 0 Å². The zero-order valence-corrected chi connectivity index (χ0v) is 14.8. The van der Waals surface area contributed by atoms with Crippen molar-refractivity contribution in [1.82, 2.24) is 0 Å². The van der Waals surface area contributed by atoms with Crippen LogP contribution in [-0.4, -0.2) is 21.1 Å². The molecule has 0 fully saturated rings. The number of aryl methyl sites for hydroxylation is 1. The average Bonchev–Trinajstić information content (AvgIpc) is 2.83. The summed E-state index contributed by atoms with van der Waals surface area (Å²) in [7, 11) is 5.64. The molecule has 0 saturated carbocycles. The Morgan fingerprint density at radius 3 is 2.43 bits per heavy atom. The van der Waals surface area contributed by atoms with Crippen molar-refractivity contribution in [2.24, 2.45) is 10.2 Å². The van der Waals surface area contributed by atoms with Crippen molar-refractivity contribution in [3.05, 3.63) is 52.4 Å². The molecule has 0 aliphatic rings. The number of rotatable bonds is 2. The molecule has 0 amide bonds. The van der Waals surface area contributed by atoms with Gasteiger partial charge in [-0.1, -0.05) is 12.1 Å². The Labute approximate surface area is 141 Å². The first kappa shape index (κ1) is 18.3. The lowest BCUT2D eigenvalue weighted by molar-refractivity contribution is 1.13. The Morgan fingerprint density at radius 2 is 2.00 bits per heavy atom. The molecule has 23 heavy (non-hydrogen) atoms. The van der Waals surface area contributed by atoms with Gasteiger partial charge in [-0.25, -0.2) is 4.85 Å². The summed E-state index contributed by atoms with van der Waals surface area (Å²) in [6, 6.07) is 10.5. The second-order valence-electron chi connectivity index (χ2n) is 4.97. The van der Waals surface area contributed by atoms with E-state index in [1.165, 1.54) is 29.6 Å². The van der Waals surface area contributed by atoms with Crippen LogP contribution >= 0.6 is 11.3 Å². The predicted molar refractivity (Wildman–Crippen MR) is 96.0 cm³/mol. The highest BCUT2D eigenvalue weighted by Gasteiger charge is 2.13. The van der Waals surface area contributed by atoms with Crippen molar-refractivity contribution in [2.75, 3.05) is 26.0 Å². The second-order valence-corrected chi connectivity index (χ2v) is 5.95. The van der Waals surface area contributed by atoms with E-state index in [0.717, 1.165) is 0 Å². The fourth-order valence-corrected chi connectivity index (χ4v) is 2.70. The lowest BCUT2D eigenvalue weighted by Crippen LogP contribution is -2.08. The molecule has 0 unspecified atom stereocenters. The molecular weight excluding hydrogens is 306 g/mol. The van der Waals surface area contributed by atoms with Gasteiger partial charge in [-0.15, -0.1) is 16.5 Å². The van der Waals surface area contributed by atoms with Gasteiger partial charge in [0.15, 0.2) is 0 Å². The topological polar surface area (TPSA) is 56.1 Å². The number of nitriles is 1. The van der Waals surface area contributed by atoms with Crippen LogP contribution < -0.4 is 4.90 Å². The van der Waals surface area contributed by atoms with Gasteiger partial charge in [0.05, 0.1) is 12.1 Å². The van der Waals surface area contributed by atoms with Crippen LogP contribution in [0.5, 0.6) is 0 Å². The van der Waals surface area contributed by atoms with Gasteiger partial charge in [0.1, 0.15) is 11.1 Å². The van der Waals surface area contributed by atoms with Crippen molar-refractivity contribution in [3.63, 3.8) is 0 Å². The molecule has 0 N–H and O–H groups in total. The molecule has 1 aromatic carbocycles. The molecule has 6 heteroatoms. The van der Waals surface area contributed by atoms with Crippen LogP contribution in [0.4, 0.5) is 15.7 Å². The predicted octanol–water partition coefficient (Wildman–Crippen LogP) is 5.25. The molecule has 5 nitrogen and oxygen atoms in total. The lowest BCUT2D eigenvalue weighted by atomic mass is 10.2. The Balaban J connectivity index is 0.000000238. The molecule has 1 aromatic heterocycles. The van der Waals surface area contributed by atoms with Gasteiger partial charge in [0.2, 0.25) is 5.00 Å². The van der Waals surface area contributed by atoms with Gasteiger partial charge in [-0.3, -0.25) is 0 Å². The van der Waals surface area contributed by atoms with Crippen molar-refractivity contribution < 1.29 is 0 Å². The Bertz CT molecular complexity index is 775. The zero-order valence-electron chi connectivity index (χ0n) is 14.0. The van der Waals surface area contributed by atoms with Crippen LogP contribution in [0.2, 0.25) is 0 Å². The molecule has 0 aliphatic carbocycles. The van der Waals surface area contributed by atoms with Gasteiger partial charge in [-0.05, 0) is 37.1 Å². The number of thiophene rings is 1. The molecule has 0 aliphatic heterocycles. The summed E-state index contributed by atoms with van der Waals surface area (Å²) in [4.78, 5) is 5.40. The zero-order chi connectivity index (χ0) is 17.4. The van der Waals surface area contributed by atoms with Crippen LogP contribution in [0.25, 0.3) is 4.85 Å². The molecule has 2 rings (SSSR count). The van der Waals surface area contributed by atoms with Gasteiger partial charge < -0.3 is 4.90 Å². The lowest BCUT2D eigenvalue weighted by Gasteiger charge is -2.11. The van der Waals surface area contributed by atoms with Crippen LogP contribution in [-0.2, 0) is 0 Å². The molecule has 0 bridgehead atoms. The van der Waals surface area contributed by atoms with E-state index in [0.29, 0.717) is 21.1 Å². The highest BCUT2D eigenvalue weighted by Crippen LogP contribution is 2.40. The summed E-state index contributed by atoms with van der Waals surface area (Å²) >= 11 is 1.20. The minimum atomic E-state index is 0.460. The molecule has 0 radical (unpaired) electrons. The molecule has 118 valence electrons. The van der Waals surface area contributed by atoms with E-state index < -0.39 is 0 Å². The van der Waals surface area contributed by atoms with E-state index in [1.807, 2.05) is 6.07 Å². The van der Waals surface area contributed by atoms with Crippen LogP contribution in [0.1, 0.15) is 16.7 Å². The maximum Gasteiger partial charge on any atom is 0.247 e. The smallest absolute Gasteiger partial charge is 0.247 e. The Kier molecular flexibility index (Phi) is 6.92. The van der Waals surface area contributed by atoms with Crippen molar-refractivity contribution in [2.45, 2.75) is 13.8 Å². The van der Waals surface area contributed by atoms with Gasteiger partial charge >= 0.3 is 0 Å². The van der Waals surface area contributed by atoms with Crippen LogP contribution in [0.3, 0.4) is 0 Å². The van der Waals surface area contributed by atoms with E-state index >= 15 is 0 Å². The molecule has 0 spiro atoms. The second kappa shape index (κ2) is 8.67. The monoisotopic (exact) mass is 325 g/mol. The highest BCUT2D eigenvalue weighted by atomic mass is 32.1. The third kappa shape index (κ3) is 4.91. The SMILES string of the molecule is Cc1cccc(N(C)C)c1.[C-]#[N+]c1sc(N=NC)c(C#N)c1C. The maximum absolute atomic E-state index is 8.79. The third-order valence-electron chi connectivity index (χ3n) is 3.03. The largest absolute Gasteiger partial charge is 0.378 e. The minimum absolute atomic E-state index is 0.460. The number of benzene rings is 1. The van der Waals surface area contributed by atoms with Crippen LogP contribution in [0, 0.1) is 31.8 Å². The van der Waals surface area contributed by atoms with E-state index in [2.05, 4.69) is 65.3 Å². The summed E-state index contributed by atoms with van der Waals surface area (Å²) in [5.74, 6) is 0. The van der Waals surface area contributed by atoms with E-state index in [1.54, 1.807) is 6.92 Å². The first-order chi connectivity index (χ1) is 10.9. The fourth-order valence-electron chi connectivity index (χ4n) is 1.79. The van der Waals surface area contributed by atoms with Gasteiger partial charge in [-0.2, -0.15) is 10.4 Å². The molecular formula is C17H19N5S. The maximum atomic E-state index is 8.79. The fraction of sp³-hybridized carbons (Fsp3) is 0.294. The van der Waals surface area contributed by atoms with E-state index in [9.17, 15) is 0 Å². The normalized spacial score (nSPS) is 9.70. The molecule has 2 aromatic rings. The Hall–Kier alpha value is -2.70. The summed E-state index contributed by atoms with van der Waals surface area (Å²) in [6.07, 6.45) is 0. The summed E-state index contributed by atoms with van der Waals surface area (Å²) in [5, 5.41) is 17.2. The first-order valence-electron chi connectivity index (χ1n) is 6.89. The molecule has 1 heterocycles. The average molecular weight is 325 g/mol. The van der Waals surface area contributed by atoms with Crippen molar-refractivity contribution in [3.8, 4) is 6.07 Å². The van der Waals surface area contributed by atoms with Crippen molar-refractivity contribution in [1.29, 1.82) is 5.26 Å². The summed E-state index contributed by atoms with van der Waals surface area (Å²) in [6.45, 7) is 10.7. The molecule has 0 saturated heterocycles. The summed E-state index contributed by atoms with van der Waals surface area (Å²) in [5.41, 5.74) is 3.73. The van der Waals surface area contributed by atoms with Gasteiger partial charge in [0.25, 0.3) is 0 Å². The number of anilines is 1. The number of hydrogen-bond acceptors (Lipinski definition) is 5. The first-order valence-corrected chi connectivity index (χ1v) is 7.71. The minimum Gasteiger partial charge on any atom is -0.378 e. The number of azo groups is 1. The number of hydrogen-bond donors (Lipinski definition) is 0. The Morgan fingerprint density at radius 1 is 1.30 bits per heavy atom. The number of nitrogens with zero attached hydrogens (tertiary/aromatic N) is 5. The van der Waals surface area contributed by atoms with Gasteiger partial charge in [0, 0.05) is 26.8 Å². The highest BCUT2D eigenvalue weighted by molar-refractivity contribution is 7.20. The van der Waals surface area contributed by atoms with E-state index in [4.69, 9.17) is 11.8 Å². The quantitative estimate of drug-likeness (QED) is 0.559.